The fourth-order valence-corrected chi connectivity index (χ4v) is 3.79. The molecule has 0 saturated carbocycles. The fourth-order valence-electron chi connectivity index (χ4n) is 3.79. The third-order valence-corrected chi connectivity index (χ3v) is 5.44. The molecule has 0 aliphatic carbocycles. The number of methoxy groups -OCH3 is 1. The second-order valence-electron chi connectivity index (χ2n) is 7.41. The summed E-state index contributed by atoms with van der Waals surface area (Å²) in [4.78, 5) is 22.5. The van der Waals surface area contributed by atoms with Crippen LogP contribution in [0.25, 0.3) is 16.5 Å². The zero-order valence-corrected chi connectivity index (χ0v) is 17.2. The van der Waals surface area contributed by atoms with Gasteiger partial charge in [-0.3, -0.25) is 9.69 Å². The number of hydrogen-bond donors (Lipinski definition) is 2. The van der Waals surface area contributed by atoms with Crippen LogP contribution in [0, 0.1) is 0 Å². The molecule has 0 spiro atoms. The Labute approximate surface area is 179 Å². The number of primary amides is 1. The molecule has 2 heterocycles. The van der Waals surface area contributed by atoms with E-state index in [0.29, 0.717) is 24.4 Å². The van der Waals surface area contributed by atoms with Gasteiger partial charge < -0.3 is 15.8 Å². The van der Waals surface area contributed by atoms with Gasteiger partial charge in [-0.15, -0.1) is 0 Å². The molecule has 1 unspecified atom stereocenters. The SMILES string of the molecule is COC[C@@H]1CCN1C(F)C(Nc1ccccc1)=C(C(N)=O)c1ccc2ncncc2c1. The molecule has 2 aromatic carbocycles. The Bertz CT molecular complexity index is 1110. The molecule has 1 aliphatic rings. The van der Waals surface area contributed by atoms with E-state index in [0.717, 1.165) is 17.3 Å². The molecule has 1 fully saturated rings. The van der Waals surface area contributed by atoms with Crippen LogP contribution in [0.1, 0.15) is 12.0 Å². The first-order valence-corrected chi connectivity index (χ1v) is 10.0. The molecular weight excluding hydrogens is 397 g/mol. The summed E-state index contributed by atoms with van der Waals surface area (Å²) in [7, 11) is 1.59. The summed E-state index contributed by atoms with van der Waals surface area (Å²) in [6, 6.07) is 14.3. The number of fused-ring (bicyclic) bond motifs is 1. The van der Waals surface area contributed by atoms with Crippen molar-refractivity contribution >= 4 is 28.1 Å². The lowest BCUT2D eigenvalue weighted by Gasteiger charge is -2.43. The van der Waals surface area contributed by atoms with Crippen LogP contribution in [0.2, 0.25) is 0 Å². The molecule has 1 saturated heterocycles. The Morgan fingerprint density at radius 3 is 2.81 bits per heavy atom. The molecule has 4 rings (SSSR count). The van der Waals surface area contributed by atoms with E-state index in [-0.39, 0.29) is 17.3 Å². The number of para-hydroxylation sites is 1. The van der Waals surface area contributed by atoms with E-state index in [4.69, 9.17) is 10.5 Å². The van der Waals surface area contributed by atoms with Crippen LogP contribution < -0.4 is 11.1 Å². The van der Waals surface area contributed by atoms with Crippen molar-refractivity contribution in [2.75, 3.05) is 25.6 Å². The number of aromatic nitrogens is 2. The number of benzene rings is 2. The first-order valence-electron chi connectivity index (χ1n) is 10.0. The number of hydrogen-bond acceptors (Lipinski definition) is 6. The quantitative estimate of drug-likeness (QED) is 0.429. The molecule has 1 aliphatic heterocycles. The lowest BCUT2D eigenvalue weighted by Crippen LogP contribution is -2.55. The van der Waals surface area contributed by atoms with Crippen molar-refractivity contribution in [3.05, 3.63) is 72.3 Å². The summed E-state index contributed by atoms with van der Waals surface area (Å²) in [5.41, 5.74) is 7.86. The van der Waals surface area contributed by atoms with Gasteiger partial charge in [-0.25, -0.2) is 14.4 Å². The van der Waals surface area contributed by atoms with Crippen molar-refractivity contribution < 1.29 is 13.9 Å². The highest BCUT2D eigenvalue weighted by Crippen LogP contribution is 2.32. The molecular formula is C23H24FN5O2. The predicted molar refractivity (Wildman–Crippen MR) is 118 cm³/mol. The number of carbonyl (C=O) groups excluding carboxylic acids is 1. The van der Waals surface area contributed by atoms with Crippen LogP contribution >= 0.6 is 0 Å². The lowest BCUT2D eigenvalue weighted by molar-refractivity contribution is -0.112. The highest BCUT2D eigenvalue weighted by atomic mass is 19.1. The van der Waals surface area contributed by atoms with Gasteiger partial charge in [-0.2, -0.15) is 0 Å². The molecule has 3 aromatic rings. The van der Waals surface area contributed by atoms with Crippen molar-refractivity contribution in [2.45, 2.75) is 18.8 Å². The monoisotopic (exact) mass is 421 g/mol. The number of rotatable bonds is 8. The van der Waals surface area contributed by atoms with Crippen LogP contribution in [0.15, 0.2) is 66.8 Å². The van der Waals surface area contributed by atoms with Gasteiger partial charge in [0, 0.05) is 37.0 Å². The number of nitrogens with zero attached hydrogens (tertiary/aromatic N) is 3. The van der Waals surface area contributed by atoms with Gasteiger partial charge in [0.15, 0.2) is 6.30 Å². The molecule has 0 bridgehead atoms. The van der Waals surface area contributed by atoms with Gasteiger partial charge in [0.2, 0.25) is 0 Å². The Morgan fingerprint density at radius 1 is 1.32 bits per heavy atom. The molecule has 8 heteroatoms. The summed E-state index contributed by atoms with van der Waals surface area (Å²) in [5, 5.41) is 3.84. The maximum Gasteiger partial charge on any atom is 0.251 e. The van der Waals surface area contributed by atoms with Crippen molar-refractivity contribution in [3.8, 4) is 0 Å². The first kappa shape index (κ1) is 20.9. The van der Waals surface area contributed by atoms with Crippen LogP contribution in [0.3, 0.4) is 0 Å². The van der Waals surface area contributed by atoms with E-state index in [2.05, 4.69) is 15.3 Å². The number of amides is 1. The van der Waals surface area contributed by atoms with Crippen molar-refractivity contribution in [1.82, 2.24) is 14.9 Å². The number of carbonyl (C=O) groups is 1. The minimum Gasteiger partial charge on any atom is -0.383 e. The summed E-state index contributed by atoms with van der Waals surface area (Å²) >= 11 is 0. The maximum atomic E-state index is 15.9. The van der Waals surface area contributed by atoms with Gasteiger partial charge in [0.25, 0.3) is 5.91 Å². The number of likely N-dealkylation sites (tertiary alicyclic amines) is 1. The van der Waals surface area contributed by atoms with E-state index in [1.165, 1.54) is 6.33 Å². The van der Waals surface area contributed by atoms with Crippen LogP contribution in [0.5, 0.6) is 0 Å². The highest BCUT2D eigenvalue weighted by Gasteiger charge is 2.38. The number of anilines is 1. The van der Waals surface area contributed by atoms with E-state index in [9.17, 15) is 4.79 Å². The molecule has 0 radical (unpaired) electrons. The standard InChI is InChI=1S/C23H24FN5O2/c1-31-13-18-9-10-29(18)22(24)21(28-17-5-3-2-4-6-17)20(23(25)30)15-7-8-19-16(11-15)12-26-14-27-19/h2-8,11-12,14,18,22,28H,9-10,13H2,1H3,(H2,25,30)/t18-,22?/m0/s1. The molecule has 2 atom stereocenters. The number of nitrogens with one attached hydrogen (secondary N) is 1. The highest BCUT2D eigenvalue weighted by molar-refractivity contribution is 6.20. The third kappa shape index (κ3) is 4.40. The normalized spacial score (nSPS) is 18.2. The number of nitrogens with two attached hydrogens (primary N) is 1. The minimum atomic E-state index is -1.56. The molecule has 1 aromatic heterocycles. The van der Waals surface area contributed by atoms with Crippen molar-refractivity contribution in [2.24, 2.45) is 5.73 Å². The van der Waals surface area contributed by atoms with Crippen molar-refractivity contribution in [3.63, 3.8) is 0 Å². The van der Waals surface area contributed by atoms with Crippen LogP contribution in [-0.2, 0) is 9.53 Å². The average molecular weight is 421 g/mol. The third-order valence-electron chi connectivity index (χ3n) is 5.44. The van der Waals surface area contributed by atoms with E-state index in [1.54, 1.807) is 36.4 Å². The Kier molecular flexibility index (Phi) is 6.20. The van der Waals surface area contributed by atoms with Crippen molar-refractivity contribution in [1.29, 1.82) is 0 Å². The Balaban J connectivity index is 1.82. The molecule has 7 nitrogen and oxygen atoms in total. The van der Waals surface area contributed by atoms with Gasteiger partial charge >= 0.3 is 0 Å². The average Bonchev–Trinajstić information content (AvgIpc) is 2.76. The number of ether oxygens (including phenoxy) is 1. The Hall–Kier alpha value is -3.36. The summed E-state index contributed by atoms with van der Waals surface area (Å²) < 4.78 is 21.1. The van der Waals surface area contributed by atoms with Gasteiger partial charge in [-0.05, 0) is 36.2 Å². The molecule has 31 heavy (non-hydrogen) atoms. The fraction of sp³-hybridized carbons (Fsp3) is 0.261. The molecule has 3 N–H and O–H groups in total. The Morgan fingerprint density at radius 2 is 2.13 bits per heavy atom. The van der Waals surface area contributed by atoms with Crippen LogP contribution in [0.4, 0.5) is 10.1 Å². The summed E-state index contributed by atoms with van der Waals surface area (Å²) in [6.07, 6.45) is 2.36. The van der Waals surface area contributed by atoms with Gasteiger partial charge in [0.05, 0.1) is 23.4 Å². The largest absolute Gasteiger partial charge is 0.383 e. The van der Waals surface area contributed by atoms with Crippen LogP contribution in [-0.4, -0.2) is 53.4 Å². The molecule has 160 valence electrons. The molecule has 1 amide bonds. The second-order valence-corrected chi connectivity index (χ2v) is 7.41. The van der Waals surface area contributed by atoms with E-state index >= 15 is 4.39 Å². The zero-order valence-electron chi connectivity index (χ0n) is 17.2. The topological polar surface area (TPSA) is 93.4 Å². The first-order chi connectivity index (χ1) is 15.1. The van der Waals surface area contributed by atoms with Gasteiger partial charge in [-0.1, -0.05) is 24.3 Å². The number of alkyl halides is 1. The van der Waals surface area contributed by atoms with E-state index < -0.39 is 12.2 Å². The predicted octanol–water partition coefficient (Wildman–Crippen LogP) is 2.95. The van der Waals surface area contributed by atoms with Gasteiger partial charge in [0.1, 0.15) is 6.33 Å². The summed E-state index contributed by atoms with van der Waals surface area (Å²) in [5.74, 6) is -0.721. The smallest absolute Gasteiger partial charge is 0.251 e. The minimum absolute atomic E-state index is 0.0632. The maximum absolute atomic E-state index is 15.9. The zero-order chi connectivity index (χ0) is 21.8. The number of halogens is 1. The van der Waals surface area contributed by atoms with E-state index in [1.807, 2.05) is 30.3 Å². The second kappa shape index (κ2) is 9.20. The summed E-state index contributed by atoms with van der Waals surface area (Å²) in [6.45, 7) is 0.977. The lowest BCUT2D eigenvalue weighted by atomic mass is 9.97.